The SMILES string of the molecule is COC(=O)C1(C(=O)Nc2ccc(N(C)C)c(Cl)c2)CC1. The highest BCUT2D eigenvalue weighted by atomic mass is 35.5. The molecule has 1 N–H and O–H groups in total. The van der Waals surface area contributed by atoms with Gasteiger partial charge in [0.2, 0.25) is 5.91 Å². The molecule has 1 aromatic rings. The number of amides is 1. The molecule has 0 saturated heterocycles. The second kappa shape index (κ2) is 5.32. The normalized spacial score (nSPS) is 15.4. The van der Waals surface area contributed by atoms with Crippen molar-refractivity contribution in [2.75, 3.05) is 31.4 Å². The number of rotatable bonds is 4. The van der Waals surface area contributed by atoms with E-state index in [0.29, 0.717) is 23.6 Å². The summed E-state index contributed by atoms with van der Waals surface area (Å²) in [4.78, 5) is 25.7. The van der Waals surface area contributed by atoms with Gasteiger partial charge in [-0.25, -0.2) is 0 Å². The summed E-state index contributed by atoms with van der Waals surface area (Å²) < 4.78 is 4.68. The van der Waals surface area contributed by atoms with Gasteiger partial charge in [0.1, 0.15) is 5.41 Å². The van der Waals surface area contributed by atoms with Gasteiger partial charge in [0.25, 0.3) is 0 Å². The molecule has 0 aromatic heterocycles. The lowest BCUT2D eigenvalue weighted by Gasteiger charge is -2.17. The molecule has 108 valence electrons. The second-order valence-electron chi connectivity index (χ2n) is 5.09. The lowest BCUT2D eigenvalue weighted by Crippen LogP contribution is -2.32. The van der Waals surface area contributed by atoms with Gasteiger partial charge in [-0.05, 0) is 31.0 Å². The molecule has 1 amide bonds. The van der Waals surface area contributed by atoms with Crippen LogP contribution in [0.3, 0.4) is 0 Å². The third-order valence-corrected chi connectivity index (χ3v) is 3.75. The van der Waals surface area contributed by atoms with Crippen LogP contribution in [0.25, 0.3) is 0 Å². The van der Waals surface area contributed by atoms with E-state index in [1.54, 1.807) is 12.1 Å². The number of benzene rings is 1. The molecule has 0 radical (unpaired) electrons. The Bertz CT molecular complexity index is 553. The first-order valence-electron chi connectivity index (χ1n) is 6.27. The van der Waals surface area contributed by atoms with Crippen LogP contribution in [0, 0.1) is 5.41 Å². The first-order valence-corrected chi connectivity index (χ1v) is 6.65. The lowest BCUT2D eigenvalue weighted by atomic mass is 10.1. The number of nitrogens with one attached hydrogen (secondary N) is 1. The first-order chi connectivity index (χ1) is 9.40. The molecule has 0 atom stereocenters. The molecule has 20 heavy (non-hydrogen) atoms. The maximum absolute atomic E-state index is 12.2. The number of ether oxygens (including phenoxy) is 1. The first kappa shape index (κ1) is 14.7. The van der Waals surface area contributed by atoms with Crippen LogP contribution in [-0.4, -0.2) is 33.1 Å². The van der Waals surface area contributed by atoms with Crippen molar-refractivity contribution in [2.45, 2.75) is 12.8 Å². The number of halogens is 1. The number of hydrogen-bond donors (Lipinski definition) is 1. The Morgan fingerprint density at radius 2 is 2.00 bits per heavy atom. The summed E-state index contributed by atoms with van der Waals surface area (Å²) >= 11 is 6.14. The van der Waals surface area contributed by atoms with Gasteiger partial charge in [-0.2, -0.15) is 0 Å². The van der Waals surface area contributed by atoms with E-state index in [9.17, 15) is 9.59 Å². The van der Waals surface area contributed by atoms with Crippen molar-refractivity contribution in [3.63, 3.8) is 0 Å². The summed E-state index contributed by atoms with van der Waals surface area (Å²) in [7, 11) is 5.06. The van der Waals surface area contributed by atoms with Crippen LogP contribution in [0.4, 0.5) is 11.4 Å². The summed E-state index contributed by atoms with van der Waals surface area (Å²) in [5.41, 5.74) is 0.418. The van der Waals surface area contributed by atoms with Crippen LogP contribution in [0.5, 0.6) is 0 Å². The predicted molar refractivity (Wildman–Crippen MR) is 78.1 cm³/mol. The van der Waals surface area contributed by atoms with Crippen molar-refractivity contribution < 1.29 is 14.3 Å². The zero-order valence-electron chi connectivity index (χ0n) is 11.7. The molecular formula is C14H17ClN2O3. The van der Waals surface area contributed by atoms with Gasteiger partial charge in [-0.15, -0.1) is 0 Å². The fourth-order valence-electron chi connectivity index (χ4n) is 2.04. The molecule has 1 aliphatic carbocycles. The molecule has 0 bridgehead atoms. The Balaban J connectivity index is 2.13. The van der Waals surface area contributed by atoms with Crippen LogP contribution in [0.15, 0.2) is 18.2 Å². The smallest absolute Gasteiger partial charge is 0.321 e. The van der Waals surface area contributed by atoms with Crippen LogP contribution < -0.4 is 10.2 Å². The van der Waals surface area contributed by atoms with E-state index in [1.807, 2.05) is 25.1 Å². The Morgan fingerprint density at radius 1 is 1.35 bits per heavy atom. The number of anilines is 2. The van der Waals surface area contributed by atoms with Crippen LogP contribution in [0.2, 0.25) is 5.02 Å². The van der Waals surface area contributed by atoms with Crippen LogP contribution in [-0.2, 0) is 14.3 Å². The summed E-state index contributed by atoms with van der Waals surface area (Å²) in [5, 5.41) is 3.26. The number of hydrogen-bond acceptors (Lipinski definition) is 4. The number of carbonyl (C=O) groups excluding carboxylic acids is 2. The molecule has 0 spiro atoms. The van der Waals surface area contributed by atoms with E-state index >= 15 is 0 Å². The number of esters is 1. The molecule has 0 aliphatic heterocycles. The van der Waals surface area contributed by atoms with Gasteiger partial charge in [0, 0.05) is 19.8 Å². The van der Waals surface area contributed by atoms with E-state index in [-0.39, 0.29) is 5.91 Å². The lowest BCUT2D eigenvalue weighted by molar-refractivity contribution is -0.150. The van der Waals surface area contributed by atoms with Gasteiger partial charge >= 0.3 is 5.97 Å². The van der Waals surface area contributed by atoms with Crippen molar-refractivity contribution >= 4 is 34.9 Å². The number of carbonyl (C=O) groups is 2. The molecule has 6 heteroatoms. The average Bonchev–Trinajstić information content (AvgIpc) is 3.19. The Morgan fingerprint density at radius 3 is 2.45 bits per heavy atom. The van der Waals surface area contributed by atoms with Crippen LogP contribution >= 0.6 is 11.6 Å². The Hall–Kier alpha value is -1.75. The van der Waals surface area contributed by atoms with Crippen molar-refractivity contribution in [2.24, 2.45) is 5.41 Å². The number of methoxy groups -OCH3 is 1. The van der Waals surface area contributed by atoms with Gasteiger partial charge in [-0.3, -0.25) is 9.59 Å². The summed E-state index contributed by atoms with van der Waals surface area (Å²) in [6, 6.07) is 5.24. The van der Waals surface area contributed by atoms with E-state index in [4.69, 9.17) is 11.6 Å². The third-order valence-electron chi connectivity index (χ3n) is 3.45. The topological polar surface area (TPSA) is 58.6 Å². The molecule has 1 aliphatic rings. The van der Waals surface area contributed by atoms with Crippen LogP contribution in [0.1, 0.15) is 12.8 Å². The van der Waals surface area contributed by atoms with Crippen molar-refractivity contribution in [3.8, 4) is 0 Å². The molecule has 0 heterocycles. The molecule has 1 fully saturated rings. The largest absolute Gasteiger partial charge is 0.468 e. The van der Waals surface area contributed by atoms with Crippen molar-refractivity contribution in [3.05, 3.63) is 23.2 Å². The molecule has 5 nitrogen and oxygen atoms in total. The third kappa shape index (κ3) is 2.58. The highest BCUT2D eigenvalue weighted by Crippen LogP contribution is 2.47. The van der Waals surface area contributed by atoms with Gasteiger partial charge in [-0.1, -0.05) is 11.6 Å². The standard InChI is InChI=1S/C14H17ClN2O3/c1-17(2)11-5-4-9(8-10(11)15)16-12(18)14(6-7-14)13(19)20-3/h4-5,8H,6-7H2,1-3H3,(H,16,18). The highest BCUT2D eigenvalue weighted by Gasteiger charge is 2.57. The van der Waals surface area contributed by atoms with Gasteiger partial charge in [0.05, 0.1) is 17.8 Å². The van der Waals surface area contributed by atoms with E-state index < -0.39 is 11.4 Å². The predicted octanol–water partition coefficient (Wildman–Crippen LogP) is 2.30. The highest BCUT2D eigenvalue weighted by molar-refractivity contribution is 6.33. The minimum atomic E-state index is -1.01. The quantitative estimate of drug-likeness (QED) is 0.684. The summed E-state index contributed by atoms with van der Waals surface area (Å²) in [6.07, 6.45) is 1.05. The monoisotopic (exact) mass is 296 g/mol. The molecule has 0 unspecified atom stereocenters. The minimum absolute atomic E-state index is 0.335. The Kier molecular flexibility index (Phi) is 3.90. The molecular weight excluding hydrogens is 280 g/mol. The maximum Gasteiger partial charge on any atom is 0.321 e. The van der Waals surface area contributed by atoms with E-state index in [0.717, 1.165) is 5.69 Å². The minimum Gasteiger partial charge on any atom is -0.468 e. The van der Waals surface area contributed by atoms with Gasteiger partial charge < -0.3 is 15.0 Å². The van der Waals surface area contributed by atoms with Gasteiger partial charge in [0.15, 0.2) is 0 Å². The zero-order chi connectivity index (χ0) is 14.9. The zero-order valence-corrected chi connectivity index (χ0v) is 12.5. The fourth-order valence-corrected chi connectivity index (χ4v) is 2.39. The fraction of sp³-hybridized carbons (Fsp3) is 0.429. The molecule has 1 aromatic carbocycles. The summed E-state index contributed by atoms with van der Waals surface area (Å²) in [5.74, 6) is -0.816. The maximum atomic E-state index is 12.2. The van der Waals surface area contributed by atoms with E-state index in [2.05, 4.69) is 10.1 Å². The van der Waals surface area contributed by atoms with E-state index in [1.165, 1.54) is 7.11 Å². The number of nitrogens with zero attached hydrogens (tertiary/aromatic N) is 1. The summed E-state index contributed by atoms with van der Waals surface area (Å²) in [6.45, 7) is 0. The Labute approximate surface area is 122 Å². The second-order valence-corrected chi connectivity index (χ2v) is 5.50. The average molecular weight is 297 g/mol. The molecule has 2 rings (SSSR count). The van der Waals surface area contributed by atoms with Crippen molar-refractivity contribution in [1.29, 1.82) is 0 Å². The van der Waals surface area contributed by atoms with Crippen molar-refractivity contribution in [1.82, 2.24) is 0 Å². The molecule has 1 saturated carbocycles.